The van der Waals surface area contributed by atoms with E-state index in [0.717, 1.165) is 12.1 Å². The van der Waals surface area contributed by atoms with E-state index in [1.54, 1.807) is 25.2 Å². The number of amides is 1. The topological polar surface area (TPSA) is 67.2 Å². The average molecular weight is 249 g/mol. The fraction of sp³-hybridized carbons (Fsp3) is 0.500. The van der Waals surface area contributed by atoms with Crippen LogP contribution in [-0.4, -0.2) is 19.0 Å². The molecule has 4 N–H and O–H groups in total. The number of hydrogen-bond donors (Lipinski definition) is 3. The molecular formula is C14H23N3O. The molecular weight excluding hydrogens is 226 g/mol. The van der Waals surface area contributed by atoms with Crippen molar-refractivity contribution in [2.45, 2.75) is 33.2 Å². The minimum Gasteiger partial charge on any atom is -0.397 e. The third-order valence-electron chi connectivity index (χ3n) is 3.13. The number of benzene rings is 1. The van der Waals surface area contributed by atoms with E-state index < -0.39 is 0 Å². The van der Waals surface area contributed by atoms with Gasteiger partial charge in [0.05, 0.1) is 11.4 Å². The largest absolute Gasteiger partial charge is 0.397 e. The molecule has 0 aliphatic rings. The SMILES string of the molecule is CCC(Nc1cc(C(=O)NC)ccc1N)C(C)C. The van der Waals surface area contributed by atoms with E-state index in [2.05, 4.69) is 31.4 Å². The lowest BCUT2D eigenvalue weighted by Gasteiger charge is -2.23. The van der Waals surface area contributed by atoms with Gasteiger partial charge in [-0.25, -0.2) is 0 Å². The zero-order valence-electron chi connectivity index (χ0n) is 11.6. The molecule has 0 aromatic heterocycles. The first kappa shape index (κ1) is 14.4. The number of carbonyl (C=O) groups excluding carboxylic acids is 1. The zero-order chi connectivity index (χ0) is 13.7. The molecule has 1 rings (SSSR count). The number of rotatable bonds is 5. The fourth-order valence-corrected chi connectivity index (χ4v) is 1.91. The Balaban J connectivity index is 2.97. The standard InChI is InChI=1S/C14H23N3O/c1-5-12(9(2)3)17-13-8-10(14(18)16-4)6-7-11(13)15/h6-9,12,17H,5,15H2,1-4H3,(H,16,18). The van der Waals surface area contributed by atoms with Crippen LogP contribution < -0.4 is 16.4 Å². The Kier molecular flexibility index (Phi) is 5.01. The Morgan fingerprint density at radius 2 is 2.06 bits per heavy atom. The van der Waals surface area contributed by atoms with Gasteiger partial charge in [-0.15, -0.1) is 0 Å². The van der Waals surface area contributed by atoms with E-state index in [1.807, 2.05) is 0 Å². The van der Waals surface area contributed by atoms with Crippen molar-refractivity contribution in [2.75, 3.05) is 18.1 Å². The normalized spacial score (nSPS) is 12.3. The molecule has 100 valence electrons. The molecule has 0 fully saturated rings. The number of nitrogens with one attached hydrogen (secondary N) is 2. The maximum atomic E-state index is 11.6. The van der Waals surface area contributed by atoms with Crippen molar-refractivity contribution in [3.63, 3.8) is 0 Å². The van der Waals surface area contributed by atoms with Gasteiger partial charge in [0.1, 0.15) is 0 Å². The first-order valence-electron chi connectivity index (χ1n) is 6.37. The van der Waals surface area contributed by atoms with Crippen LogP contribution >= 0.6 is 0 Å². The summed E-state index contributed by atoms with van der Waals surface area (Å²) in [6.07, 6.45) is 1.02. The van der Waals surface area contributed by atoms with Crippen molar-refractivity contribution < 1.29 is 4.79 Å². The first-order chi connectivity index (χ1) is 8.49. The van der Waals surface area contributed by atoms with Crippen LogP contribution in [-0.2, 0) is 0 Å². The van der Waals surface area contributed by atoms with Crippen molar-refractivity contribution in [3.05, 3.63) is 23.8 Å². The van der Waals surface area contributed by atoms with Crippen molar-refractivity contribution >= 4 is 17.3 Å². The Morgan fingerprint density at radius 3 is 2.56 bits per heavy atom. The van der Waals surface area contributed by atoms with Crippen molar-refractivity contribution in [1.29, 1.82) is 0 Å². The molecule has 0 spiro atoms. The van der Waals surface area contributed by atoms with Gasteiger partial charge < -0.3 is 16.4 Å². The van der Waals surface area contributed by atoms with E-state index >= 15 is 0 Å². The van der Waals surface area contributed by atoms with Crippen LogP contribution in [0.3, 0.4) is 0 Å². The van der Waals surface area contributed by atoms with Crippen LogP contribution in [0.5, 0.6) is 0 Å². The summed E-state index contributed by atoms with van der Waals surface area (Å²) in [6.45, 7) is 6.47. The molecule has 1 aromatic rings. The van der Waals surface area contributed by atoms with Gasteiger partial charge in [-0.05, 0) is 30.5 Å². The minimum atomic E-state index is -0.101. The number of nitrogen functional groups attached to an aromatic ring is 1. The van der Waals surface area contributed by atoms with Crippen molar-refractivity contribution in [3.8, 4) is 0 Å². The van der Waals surface area contributed by atoms with Gasteiger partial charge in [-0.3, -0.25) is 4.79 Å². The first-order valence-corrected chi connectivity index (χ1v) is 6.37. The molecule has 0 bridgehead atoms. The summed E-state index contributed by atoms with van der Waals surface area (Å²) in [7, 11) is 1.62. The maximum absolute atomic E-state index is 11.6. The third-order valence-corrected chi connectivity index (χ3v) is 3.13. The van der Waals surface area contributed by atoms with Gasteiger partial charge in [0.25, 0.3) is 5.91 Å². The van der Waals surface area contributed by atoms with Gasteiger partial charge in [0.15, 0.2) is 0 Å². The van der Waals surface area contributed by atoms with Gasteiger partial charge in [0.2, 0.25) is 0 Å². The monoisotopic (exact) mass is 249 g/mol. The lowest BCUT2D eigenvalue weighted by molar-refractivity contribution is 0.0963. The number of hydrogen-bond acceptors (Lipinski definition) is 3. The molecule has 4 heteroatoms. The van der Waals surface area contributed by atoms with E-state index in [9.17, 15) is 4.79 Å². The Labute approximate surface area is 109 Å². The summed E-state index contributed by atoms with van der Waals surface area (Å²) < 4.78 is 0. The van der Waals surface area contributed by atoms with Crippen molar-refractivity contribution in [1.82, 2.24) is 5.32 Å². The summed E-state index contributed by atoms with van der Waals surface area (Å²) in [5.41, 5.74) is 8.06. The second-order valence-electron chi connectivity index (χ2n) is 4.78. The van der Waals surface area contributed by atoms with Crippen LogP contribution in [0.2, 0.25) is 0 Å². The summed E-state index contributed by atoms with van der Waals surface area (Å²) in [5.74, 6) is 0.411. The smallest absolute Gasteiger partial charge is 0.251 e. The van der Waals surface area contributed by atoms with Crippen LogP contribution in [0.25, 0.3) is 0 Å². The molecule has 1 aromatic carbocycles. The summed E-state index contributed by atoms with van der Waals surface area (Å²) in [6, 6.07) is 5.65. The average Bonchev–Trinajstić information content (AvgIpc) is 2.36. The predicted octanol–water partition coefficient (Wildman–Crippen LogP) is 2.47. The zero-order valence-corrected chi connectivity index (χ0v) is 11.6. The number of anilines is 2. The van der Waals surface area contributed by atoms with Crippen molar-refractivity contribution in [2.24, 2.45) is 5.92 Å². The van der Waals surface area contributed by atoms with E-state index in [-0.39, 0.29) is 5.91 Å². The highest BCUT2D eigenvalue weighted by atomic mass is 16.1. The van der Waals surface area contributed by atoms with Crippen LogP contribution in [0.1, 0.15) is 37.6 Å². The summed E-state index contributed by atoms with van der Waals surface area (Å²) >= 11 is 0. The van der Waals surface area contributed by atoms with Crippen LogP contribution in [0.15, 0.2) is 18.2 Å². The molecule has 4 nitrogen and oxygen atoms in total. The fourth-order valence-electron chi connectivity index (χ4n) is 1.91. The highest BCUT2D eigenvalue weighted by Gasteiger charge is 2.13. The molecule has 1 atom stereocenters. The quantitative estimate of drug-likeness (QED) is 0.702. The summed E-state index contributed by atoms with van der Waals surface area (Å²) in [5, 5.41) is 6.02. The second-order valence-corrected chi connectivity index (χ2v) is 4.78. The lowest BCUT2D eigenvalue weighted by atomic mass is 10.0. The third kappa shape index (κ3) is 3.39. The highest BCUT2D eigenvalue weighted by Crippen LogP contribution is 2.23. The highest BCUT2D eigenvalue weighted by molar-refractivity contribution is 5.96. The van der Waals surface area contributed by atoms with E-state index in [0.29, 0.717) is 23.2 Å². The molecule has 0 radical (unpaired) electrons. The van der Waals surface area contributed by atoms with Gasteiger partial charge in [-0.1, -0.05) is 20.8 Å². The van der Waals surface area contributed by atoms with E-state index in [4.69, 9.17) is 5.73 Å². The minimum absolute atomic E-state index is 0.101. The van der Waals surface area contributed by atoms with Crippen LogP contribution in [0.4, 0.5) is 11.4 Å². The molecule has 0 saturated carbocycles. The van der Waals surface area contributed by atoms with Gasteiger partial charge in [-0.2, -0.15) is 0 Å². The molecule has 0 aliphatic carbocycles. The molecule has 0 aliphatic heterocycles. The molecule has 0 saturated heterocycles. The predicted molar refractivity (Wildman–Crippen MR) is 76.8 cm³/mol. The molecule has 18 heavy (non-hydrogen) atoms. The number of nitrogens with two attached hydrogens (primary N) is 1. The van der Waals surface area contributed by atoms with Gasteiger partial charge >= 0.3 is 0 Å². The molecule has 1 unspecified atom stereocenters. The lowest BCUT2D eigenvalue weighted by Crippen LogP contribution is -2.25. The van der Waals surface area contributed by atoms with E-state index in [1.165, 1.54) is 0 Å². The maximum Gasteiger partial charge on any atom is 0.251 e. The Bertz CT molecular complexity index is 416. The summed E-state index contributed by atoms with van der Waals surface area (Å²) in [4.78, 5) is 11.6. The number of carbonyl (C=O) groups is 1. The van der Waals surface area contributed by atoms with Gasteiger partial charge in [0, 0.05) is 18.7 Å². The second kappa shape index (κ2) is 6.28. The Hall–Kier alpha value is -1.71. The van der Waals surface area contributed by atoms with Crippen LogP contribution in [0, 0.1) is 5.92 Å². The molecule has 0 heterocycles. The molecule has 1 amide bonds. The Morgan fingerprint density at radius 1 is 1.39 bits per heavy atom.